The van der Waals surface area contributed by atoms with Crippen LogP contribution in [0.1, 0.15) is 31.2 Å². The maximum absolute atomic E-state index is 12.4. The van der Waals surface area contributed by atoms with Gasteiger partial charge in [0.05, 0.1) is 24.0 Å². The number of fused-ring (bicyclic) bond motifs is 1. The first-order valence-corrected chi connectivity index (χ1v) is 9.58. The number of nitrogens with zero attached hydrogens (tertiary/aromatic N) is 2. The van der Waals surface area contributed by atoms with Crippen LogP contribution in [0.3, 0.4) is 0 Å². The average molecular weight is 378 g/mol. The zero-order valence-electron chi connectivity index (χ0n) is 16.3. The quantitative estimate of drug-likeness (QED) is 0.632. The van der Waals surface area contributed by atoms with Crippen LogP contribution in [-0.4, -0.2) is 40.4 Å². The summed E-state index contributed by atoms with van der Waals surface area (Å²) in [5.74, 6) is 0.780. The Kier molecular flexibility index (Phi) is 6.55. The number of hydrogen-bond acceptors (Lipinski definition) is 4. The first kappa shape index (κ1) is 19.8. The third kappa shape index (κ3) is 5.04. The molecule has 0 aliphatic carbocycles. The third-order valence-corrected chi connectivity index (χ3v) is 4.82. The molecular formula is C22H26N4O2. The summed E-state index contributed by atoms with van der Waals surface area (Å²) in [5, 5.41) is 3.57. The Morgan fingerprint density at radius 1 is 1.14 bits per heavy atom. The van der Waals surface area contributed by atoms with Crippen LogP contribution in [0.4, 0.5) is 0 Å². The first-order valence-electron chi connectivity index (χ1n) is 9.58. The first-order chi connectivity index (χ1) is 13.6. The summed E-state index contributed by atoms with van der Waals surface area (Å²) in [6.45, 7) is 6.02. The minimum atomic E-state index is -0.155. The number of nitrogens with one attached hydrogen (secondary N) is 2. The Morgan fingerprint density at radius 3 is 2.61 bits per heavy atom. The third-order valence-electron chi connectivity index (χ3n) is 4.82. The van der Waals surface area contributed by atoms with Crippen LogP contribution in [0.15, 0.2) is 59.4 Å². The van der Waals surface area contributed by atoms with Crippen LogP contribution in [0.5, 0.6) is 0 Å². The van der Waals surface area contributed by atoms with Crippen molar-refractivity contribution in [3.05, 3.63) is 76.3 Å². The molecule has 0 fully saturated rings. The highest BCUT2D eigenvalue weighted by Gasteiger charge is 2.13. The van der Waals surface area contributed by atoms with Crippen LogP contribution in [0.2, 0.25) is 0 Å². The van der Waals surface area contributed by atoms with Gasteiger partial charge in [-0.15, -0.1) is 0 Å². The van der Waals surface area contributed by atoms with Crippen molar-refractivity contribution >= 4 is 16.8 Å². The van der Waals surface area contributed by atoms with Crippen molar-refractivity contribution in [3.63, 3.8) is 0 Å². The van der Waals surface area contributed by atoms with Gasteiger partial charge in [0, 0.05) is 6.54 Å². The standard InChI is InChI=1S/C22H26N4O2/c1-3-26(14-20-24-19-12-8-7-11-18(19)22(28)25-20)15-21(27)23-13-16(2)17-9-5-4-6-10-17/h4-12,16H,3,13-15H2,1-2H3,(H,23,27)(H,24,25,28)/t16-/m0/s1. The number of carbonyl (C=O) groups excluding carboxylic acids is 1. The number of aromatic nitrogens is 2. The van der Waals surface area contributed by atoms with Crippen LogP contribution in [-0.2, 0) is 11.3 Å². The minimum Gasteiger partial charge on any atom is -0.354 e. The van der Waals surface area contributed by atoms with Crippen molar-refractivity contribution in [2.24, 2.45) is 0 Å². The lowest BCUT2D eigenvalue weighted by Gasteiger charge is -2.20. The molecule has 0 bridgehead atoms. The summed E-state index contributed by atoms with van der Waals surface area (Å²) < 4.78 is 0. The van der Waals surface area contributed by atoms with Crippen LogP contribution in [0.25, 0.3) is 10.9 Å². The molecule has 2 N–H and O–H groups in total. The number of benzene rings is 2. The van der Waals surface area contributed by atoms with Gasteiger partial charge in [-0.25, -0.2) is 4.98 Å². The maximum atomic E-state index is 12.4. The van der Waals surface area contributed by atoms with Crippen molar-refractivity contribution in [3.8, 4) is 0 Å². The fourth-order valence-electron chi connectivity index (χ4n) is 3.13. The number of carbonyl (C=O) groups is 1. The molecule has 0 saturated heterocycles. The van der Waals surface area contributed by atoms with E-state index < -0.39 is 0 Å². The summed E-state index contributed by atoms with van der Waals surface area (Å²) >= 11 is 0. The normalized spacial score (nSPS) is 12.2. The molecule has 0 radical (unpaired) electrons. The molecule has 6 heteroatoms. The Hall–Kier alpha value is -2.99. The van der Waals surface area contributed by atoms with Gasteiger partial charge in [-0.3, -0.25) is 14.5 Å². The zero-order chi connectivity index (χ0) is 19.9. The maximum Gasteiger partial charge on any atom is 0.258 e. The molecule has 0 spiro atoms. The van der Waals surface area contributed by atoms with E-state index >= 15 is 0 Å². The molecule has 0 aliphatic rings. The van der Waals surface area contributed by atoms with Crippen molar-refractivity contribution in [2.45, 2.75) is 26.3 Å². The van der Waals surface area contributed by atoms with Crippen molar-refractivity contribution in [1.82, 2.24) is 20.2 Å². The van der Waals surface area contributed by atoms with E-state index in [4.69, 9.17) is 0 Å². The molecule has 1 aromatic heterocycles. The number of hydrogen-bond donors (Lipinski definition) is 2. The average Bonchev–Trinajstić information content (AvgIpc) is 2.72. The summed E-state index contributed by atoms with van der Waals surface area (Å²) in [5.41, 5.74) is 1.71. The number of H-pyrrole nitrogens is 1. The highest BCUT2D eigenvalue weighted by molar-refractivity contribution is 5.78. The van der Waals surface area contributed by atoms with Gasteiger partial charge in [0.15, 0.2) is 0 Å². The van der Waals surface area contributed by atoms with Gasteiger partial charge in [-0.2, -0.15) is 0 Å². The van der Waals surface area contributed by atoms with Crippen molar-refractivity contribution in [1.29, 1.82) is 0 Å². The van der Waals surface area contributed by atoms with E-state index in [2.05, 4.69) is 34.3 Å². The molecule has 1 heterocycles. The molecular weight excluding hydrogens is 352 g/mol. The number of rotatable bonds is 8. The molecule has 28 heavy (non-hydrogen) atoms. The molecule has 0 aliphatic heterocycles. The second-order valence-corrected chi connectivity index (χ2v) is 6.95. The zero-order valence-corrected chi connectivity index (χ0v) is 16.3. The summed E-state index contributed by atoms with van der Waals surface area (Å²) in [4.78, 5) is 33.9. The SMILES string of the molecule is CCN(CC(=O)NC[C@H](C)c1ccccc1)Cc1nc2ccccc2c(=O)[nH]1. The van der Waals surface area contributed by atoms with E-state index in [1.54, 1.807) is 6.07 Å². The smallest absolute Gasteiger partial charge is 0.258 e. The molecule has 3 aromatic rings. The van der Waals surface area contributed by atoms with E-state index in [1.807, 2.05) is 48.2 Å². The predicted molar refractivity (Wildman–Crippen MR) is 111 cm³/mol. The second-order valence-electron chi connectivity index (χ2n) is 6.95. The van der Waals surface area contributed by atoms with Gasteiger partial charge in [0.25, 0.3) is 5.56 Å². The molecule has 1 atom stereocenters. The predicted octanol–water partition coefficient (Wildman–Crippen LogP) is 2.66. The Balaban J connectivity index is 1.58. The van der Waals surface area contributed by atoms with Gasteiger partial charge in [0.1, 0.15) is 5.82 Å². The van der Waals surface area contributed by atoms with Gasteiger partial charge in [-0.1, -0.05) is 56.3 Å². The molecule has 0 saturated carbocycles. The molecule has 3 rings (SSSR count). The summed E-state index contributed by atoms with van der Waals surface area (Å²) in [7, 11) is 0. The Labute approximate surface area is 164 Å². The van der Waals surface area contributed by atoms with Crippen LogP contribution < -0.4 is 10.9 Å². The van der Waals surface area contributed by atoms with E-state index in [1.165, 1.54) is 5.56 Å². The minimum absolute atomic E-state index is 0.0345. The fraction of sp³-hybridized carbons (Fsp3) is 0.318. The van der Waals surface area contributed by atoms with E-state index in [0.29, 0.717) is 36.4 Å². The van der Waals surface area contributed by atoms with E-state index in [0.717, 1.165) is 0 Å². The highest BCUT2D eigenvalue weighted by Crippen LogP contribution is 2.13. The lowest BCUT2D eigenvalue weighted by Crippen LogP contribution is -2.38. The Bertz CT molecular complexity index is 984. The van der Waals surface area contributed by atoms with Gasteiger partial charge in [0.2, 0.25) is 5.91 Å². The van der Waals surface area contributed by atoms with Gasteiger partial charge < -0.3 is 10.3 Å². The lowest BCUT2D eigenvalue weighted by atomic mass is 10.0. The van der Waals surface area contributed by atoms with E-state index in [-0.39, 0.29) is 23.9 Å². The summed E-state index contributed by atoms with van der Waals surface area (Å²) in [6, 6.07) is 17.4. The Morgan fingerprint density at radius 2 is 1.86 bits per heavy atom. The number of aromatic amines is 1. The lowest BCUT2D eigenvalue weighted by molar-refractivity contribution is -0.122. The largest absolute Gasteiger partial charge is 0.354 e. The van der Waals surface area contributed by atoms with Gasteiger partial charge in [-0.05, 0) is 30.2 Å². The summed E-state index contributed by atoms with van der Waals surface area (Å²) in [6.07, 6.45) is 0. The number of likely N-dealkylation sites (N-methyl/N-ethyl adjacent to an activating group) is 1. The number of amides is 1. The van der Waals surface area contributed by atoms with E-state index in [9.17, 15) is 9.59 Å². The number of para-hydroxylation sites is 1. The molecule has 1 amide bonds. The van der Waals surface area contributed by atoms with Crippen molar-refractivity contribution in [2.75, 3.05) is 19.6 Å². The van der Waals surface area contributed by atoms with Gasteiger partial charge >= 0.3 is 0 Å². The molecule has 6 nitrogen and oxygen atoms in total. The molecule has 146 valence electrons. The molecule has 0 unspecified atom stereocenters. The van der Waals surface area contributed by atoms with Crippen LogP contribution in [0, 0.1) is 0 Å². The fourth-order valence-corrected chi connectivity index (χ4v) is 3.13. The second kappa shape index (κ2) is 9.28. The topological polar surface area (TPSA) is 78.1 Å². The highest BCUT2D eigenvalue weighted by atomic mass is 16.2. The van der Waals surface area contributed by atoms with Crippen LogP contribution >= 0.6 is 0 Å². The molecule has 2 aromatic carbocycles. The van der Waals surface area contributed by atoms with Crippen molar-refractivity contribution < 1.29 is 4.79 Å². The monoisotopic (exact) mass is 378 g/mol.